The molecule has 0 spiro atoms. The average molecular weight is 279 g/mol. The first-order chi connectivity index (χ1) is 10.2. The molecular formula is C17H17N3O. The maximum atomic E-state index is 12.1. The Kier molecular flexibility index (Phi) is 3.69. The molecule has 3 rings (SSSR count). The van der Waals surface area contributed by atoms with E-state index in [2.05, 4.69) is 22.2 Å². The second-order valence-corrected chi connectivity index (χ2v) is 5.03. The van der Waals surface area contributed by atoms with Crippen LogP contribution in [0.25, 0.3) is 11.0 Å². The first-order valence-corrected chi connectivity index (χ1v) is 7.05. The molecule has 2 N–H and O–H groups in total. The molecule has 0 aliphatic heterocycles. The van der Waals surface area contributed by atoms with E-state index in [0.29, 0.717) is 6.42 Å². The third-order valence-electron chi connectivity index (χ3n) is 3.50. The molecule has 21 heavy (non-hydrogen) atoms. The topological polar surface area (TPSA) is 57.8 Å². The van der Waals surface area contributed by atoms with Crippen molar-refractivity contribution >= 4 is 22.6 Å². The maximum Gasteiger partial charge on any atom is 0.228 e. The molecule has 1 amide bonds. The lowest BCUT2D eigenvalue weighted by atomic mass is 10.1. The van der Waals surface area contributed by atoms with Gasteiger partial charge in [0, 0.05) is 5.69 Å². The lowest BCUT2D eigenvalue weighted by Crippen LogP contribution is -2.14. The molecular weight excluding hydrogens is 262 g/mol. The number of carbonyl (C=O) groups is 1. The molecule has 3 aromatic rings. The molecule has 0 unspecified atom stereocenters. The SMILES string of the molecule is CCc1ccc(NC(=O)Cc2ccc3nc[nH]c3c2)cc1. The lowest BCUT2D eigenvalue weighted by molar-refractivity contribution is -0.115. The first kappa shape index (κ1) is 13.4. The van der Waals surface area contributed by atoms with E-state index < -0.39 is 0 Å². The van der Waals surface area contributed by atoms with E-state index in [-0.39, 0.29) is 5.91 Å². The summed E-state index contributed by atoms with van der Waals surface area (Å²) in [6.07, 6.45) is 3.01. The highest BCUT2D eigenvalue weighted by Gasteiger charge is 2.06. The Morgan fingerprint density at radius 1 is 1.14 bits per heavy atom. The Hall–Kier alpha value is -2.62. The second-order valence-electron chi connectivity index (χ2n) is 5.03. The van der Waals surface area contributed by atoms with Crippen molar-refractivity contribution in [2.75, 3.05) is 5.32 Å². The zero-order valence-electron chi connectivity index (χ0n) is 11.9. The number of hydrogen-bond donors (Lipinski definition) is 2. The number of rotatable bonds is 4. The smallest absolute Gasteiger partial charge is 0.228 e. The van der Waals surface area contributed by atoms with Crippen LogP contribution in [0.4, 0.5) is 5.69 Å². The van der Waals surface area contributed by atoms with Crippen LogP contribution in [0.15, 0.2) is 48.8 Å². The van der Waals surface area contributed by atoms with Gasteiger partial charge in [0.05, 0.1) is 23.8 Å². The molecule has 0 aliphatic rings. The van der Waals surface area contributed by atoms with Gasteiger partial charge in [-0.15, -0.1) is 0 Å². The number of hydrogen-bond acceptors (Lipinski definition) is 2. The Morgan fingerprint density at radius 2 is 1.90 bits per heavy atom. The van der Waals surface area contributed by atoms with Crippen LogP contribution in [-0.4, -0.2) is 15.9 Å². The summed E-state index contributed by atoms with van der Waals surface area (Å²) in [4.78, 5) is 19.3. The number of nitrogens with one attached hydrogen (secondary N) is 2. The third kappa shape index (κ3) is 3.11. The summed E-state index contributed by atoms with van der Waals surface area (Å²) in [5.41, 5.74) is 4.92. The van der Waals surface area contributed by atoms with Crippen LogP contribution in [0.3, 0.4) is 0 Å². The first-order valence-electron chi connectivity index (χ1n) is 7.05. The van der Waals surface area contributed by atoms with Crippen molar-refractivity contribution in [3.63, 3.8) is 0 Å². The largest absolute Gasteiger partial charge is 0.345 e. The predicted molar refractivity (Wildman–Crippen MR) is 84.2 cm³/mol. The summed E-state index contributed by atoms with van der Waals surface area (Å²) in [5, 5.41) is 2.92. The number of aromatic nitrogens is 2. The van der Waals surface area contributed by atoms with Crippen molar-refractivity contribution in [2.24, 2.45) is 0 Å². The minimum absolute atomic E-state index is 0.0156. The molecule has 0 atom stereocenters. The molecule has 4 heteroatoms. The molecule has 1 heterocycles. The molecule has 0 fully saturated rings. The summed E-state index contributed by atoms with van der Waals surface area (Å²) < 4.78 is 0. The van der Waals surface area contributed by atoms with Gasteiger partial charge in [-0.1, -0.05) is 25.1 Å². The van der Waals surface area contributed by atoms with Crippen LogP contribution in [0.2, 0.25) is 0 Å². The quantitative estimate of drug-likeness (QED) is 0.769. The zero-order chi connectivity index (χ0) is 14.7. The molecule has 4 nitrogen and oxygen atoms in total. The molecule has 0 saturated carbocycles. The van der Waals surface area contributed by atoms with Crippen molar-refractivity contribution in [1.29, 1.82) is 0 Å². The molecule has 0 aliphatic carbocycles. The Balaban J connectivity index is 1.67. The highest BCUT2D eigenvalue weighted by Crippen LogP contribution is 2.14. The van der Waals surface area contributed by atoms with Crippen molar-refractivity contribution in [3.05, 3.63) is 59.9 Å². The van der Waals surface area contributed by atoms with Crippen LogP contribution in [-0.2, 0) is 17.6 Å². The van der Waals surface area contributed by atoms with Gasteiger partial charge in [-0.25, -0.2) is 4.98 Å². The number of aryl methyl sites for hydroxylation is 1. The normalized spacial score (nSPS) is 10.7. The molecule has 106 valence electrons. The van der Waals surface area contributed by atoms with Crippen LogP contribution >= 0.6 is 0 Å². The van der Waals surface area contributed by atoms with Gasteiger partial charge in [0.25, 0.3) is 0 Å². The summed E-state index contributed by atoms with van der Waals surface area (Å²) in [6, 6.07) is 13.8. The van der Waals surface area contributed by atoms with E-state index in [4.69, 9.17) is 0 Å². The summed E-state index contributed by atoms with van der Waals surface area (Å²) in [6.45, 7) is 2.11. The minimum atomic E-state index is -0.0156. The van der Waals surface area contributed by atoms with Crippen LogP contribution in [0.1, 0.15) is 18.1 Å². The standard InChI is InChI=1S/C17H17N3O/c1-2-12-3-6-14(7-4-12)20-17(21)10-13-5-8-15-16(9-13)19-11-18-15/h3-9,11H,2,10H2,1H3,(H,18,19)(H,20,21). The van der Waals surface area contributed by atoms with Gasteiger partial charge in [0.2, 0.25) is 5.91 Å². The van der Waals surface area contributed by atoms with E-state index in [1.807, 2.05) is 42.5 Å². The summed E-state index contributed by atoms with van der Waals surface area (Å²) in [5.74, 6) is -0.0156. The molecule has 1 aromatic heterocycles. The number of benzene rings is 2. The lowest BCUT2D eigenvalue weighted by Gasteiger charge is -2.06. The van der Waals surface area contributed by atoms with Crippen molar-refractivity contribution in [2.45, 2.75) is 19.8 Å². The zero-order valence-corrected chi connectivity index (χ0v) is 11.9. The maximum absolute atomic E-state index is 12.1. The fraction of sp³-hybridized carbons (Fsp3) is 0.176. The Bertz CT molecular complexity index is 759. The van der Waals surface area contributed by atoms with Gasteiger partial charge < -0.3 is 10.3 Å². The second kappa shape index (κ2) is 5.79. The number of amides is 1. The van der Waals surface area contributed by atoms with Crippen molar-refractivity contribution in [3.8, 4) is 0 Å². The Morgan fingerprint density at radius 3 is 2.67 bits per heavy atom. The highest BCUT2D eigenvalue weighted by molar-refractivity contribution is 5.92. The molecule has 2 aromatic carbocycles. The monoisotopic (exact) mass is 279 g/mol. The number of aromatic amines is 1. The number of fused-ring (bicyclic) bond motifs is 1. The van der Waals surface area contributed by atoms with Gasteiger partial charge in [-0.3, -0.25) is 4.79 Å². The summed E-state index contributed by atoms with van der Waals surface area (Å²) >= 11 is 0. The number of imidazole rings is 1. The van der Waals surface area contributed by atoms with Crippen molar-refractivity contribution < 1.29 is 4.79 Å². The summed E-state index contributed by atoms with van der Waals surface area (Å²) in [7, 11) is 0. The van der Waals surface area contributed by atoms with Gasteiger partial charge in [0.15, 0.2) is 0 Å². The average Bonchev–Trinajstić information content (AvgIpc) is 2.95. The molecule has 0 bridgehead atoms. The number of anilines is 1. The van der Waals surface area contributed by atoms with E-state index in [1.165, 1.54) is 5.56 Å². The van der Waals surface area contributed by atoms with E-state index >= 15 is 0 Å². The van der Waals surface area contributed by atoms with Crippen LogP contribution in [0, 0.1) is 0 Å². The predicted octanol–water partition coefficient (Wildman–Crippen LogP) is 3.31. The van der Waals surface area contributed by atoms with Gasteiger partial charge in [-0.05, 0) is 41.8 Å². The van der Waals surface area contributed by atoms with Gasteiger partial charge in [0.1, 0.15) is 0 Å². The van der Waals surface area contributed by atoms with Gasteiger partial charge in [-0.2, -0.15) is 0 Å². The molecule has 0 saturated heterocycles. The van der Waals surface area contributed by atoms with Crippen molar-refractivity contribution in [1.82, 2.24) is 9.97 Å². The van der Waals surface area contributed by atoms with E-state index in [0.717, 1.165) is 28.7 Å². The van der Waals surface area contributed by atoms with Crippen LogP contribution in [0.5, 0.6) is 0 Å². The fourth-order valence-corrected chi connectivity index (χ4v) is 2.31. The third-order valence-corrected chi connectivity index (χ3v) is 3.50. The van der Waals surface area contributed by atoms with E-state index in [9.17, 15) is 4.79 Å². The van der Waals surface area contributed by atoms with Gasteiger partial charge >= 0.3 is 0 Å². The number of nitrogens with zero attached hydrogens (tertiary/aromatic N) is 1. The number of carbonyl (C=O) groups excluding carboxylic acids is 1. The van der Waals surface area contributed by atoms with Crippen LogP contribution < -0.4 is 5.32 Å². The fourth-order valence-electron chi connectivity index (χ4n) is 2.31. The highest BCUT2D eigenvalue weighted by atomic mass is 16.1. The van der Waals surface area contributed by atoms with E-state index in [1.54, 1.807) is 6.33 Å². The molecule has 0 radical (unpaired) electrons. The minimum Gasteiger partial charge on any atom is -0.345 e. The number of H-pyrrole nitrogens is 1. The Labute approximate surface area is 123 Å².